The molecule has 0 saturated carbocycles. The Kier molecular flexibility index (Phi) is 2.78. The molecular formula is C12H16O3. The van der Waals surface area contributed by atoms with Crippen molar-refractivity contribution in [3.63, 3.8) is 0 Å². The van der Waals surface area contributed by atoms with E-state index in [2.05, 4.69) is 0 Å². The quantitative estimate of drug-likeness (QED) is 0.746. The summed E-state index contributed by atoms with van der Waals surface area (Å²) in [4.78, 5) is 0. The van der Waals surface area contributed by atoms with Crippen LogP contribution < -0.4 is 0 Å². The Balaban J connectivity index is 2.32. The third-order valence-electron chi connectivity index (χ3n) is 2.74. The van der Waals surface area contributed by atoms with Gasteiger partial charge < -0.3 is 14.2 Å². The van der Waals surface area contributed by atoms with Crippen molar-refractivity contribution >= 4 is 0 Å². The molecule has 0 unspecified atom stereocenters. The second kappa shape index (κ2) is 3.93. The summed E-state index contributed by atoms with van der Waals surface area (Å²) in [5.74, 6) is -1.03. The van der Waals surface area contributed by atoms with Crippen LogP contribution in [0.1, 0.15) is 19.4 Å². The molecule has 2 rings (SSSR count). The number of methoxy groups -OCH3 is 1. The summed E-state index contributed by atoms with van der Waals surface area (Å²) in [7, 11) is 1.60. The van der Waals surface area contributed by atoms with Gasteiger partial charge in [0.2, 0.25) is 0 Å². The normalized spacial score (nSPS) is 29.3. The number of hydrogen-bond donors (Lipinski definition) is 0. The highest BCUT2D eigenvalue weighted by molar-refractivity contribution is 5.19. The van der Waals surface area contributed by atoms with Crippen molar-refractivity contribution < 1.29 is 14.2 Å². The van der Waals surface area contributed by atoms with Crippen LogP contribution in [-0.4, -0.2) is 19.3 Å². The Morgan fingerprint density at radius 1 is 1.07 bits per heavy atom. The summed E-state index contributed by atoms with van der Waals surface area (Å²) >= 11 is 0. The van der Waals surface area contributed by atoms with Gasteiger partial charge in [0.25, 0.3) is 0 Å². The van der Waals surface area contributed by atoms with E-state index in [0.717, 1.165) is 5.56 Å². The zero-order chi connectivity index (χ0) is 10.9. The Morgan fingerprint density at radius 3 is 2.07 bits per heavy atom. The van der Waals surface area contributed by atoms with Crippen molar-refractivity contribution in [1.29, 1.82) is 0 Å². The summed E-state index contributed by atoms with van der Waals surface area (Å²) in [6, 6.07) is 9.71. The van der Waals surface area contributed by atoms with Crippen LogP contribution in [-0.2, 0) is 20.2 Å². The van der Waals surface area contributed by atoms with E-state index in [9.17, 15) is 0 Å². The zero-order valence-corrected chi connectivity index (χ0v) is 9.27. The highest BCUT2D eigenvalue weighted by Crippen LogP contribution is 2.37. The fourth-order valence-corrected chi connectivity index (χ4v) is 1.70. The van der Waals surface area contributed by atoms with E-state index in [1.54, 1.807) is 7.11 Å². The van der Waals surface area contributed by atoms with E-state index in [-0.39, 0.29) is 12.2 Å². The average molecular weight is 208 g/mol. The molecule has 2 atom stereocenters. The molecule has 82 valence electrons. The van der Waals surface area contributed by atoms with E-state index < -0.39 is 5.97 Å². The van der Waals surface area contributed by atoms with Gasteiger partial charge in [-0.1, -0.05) is 30.3 Å². The summed E-state index contributed by atoms with van der Waals surface area (Å²) in [5.41, 5.74) is 0.892. The molecule has 3 heteroatoms. The van der Waals surface area contributed by atoms with Crippen LogP contribution in [0.25, 0.3) is 0 Å². The maximum atomic E-state index is 5.75. The molecule has 1 aromatic carbocycles. The van der Waals surface area contributed by atoms with Gasteiger partial charge in [-0.15, -0.1) is 0 Å². The van der Waals surface area contributed by atoms with Crippen molar-refractivity contribution in [1.82, 2.24) is 0 Å². The second-order valence-electron chi connectivity index (χ2n) is 3.77. The minimum atomic E-state index is -1.03. The van der Waals surface area contributed by atoms with Crippen LogP contribution >= 0.6 is 0 Å². The zero-order valence-electron chi connectivity index (χ0n) is 9.27. The molecule has 0 aromatic heterocycles. The first-order valence-electron chi connectivity index (χ1n) is 5.14. The molecule has 15 heavy (non-hydrogen) atoms. The molecule has 0 aliphatic carbocycles. The van der Waals surface area contributed by atoms with Crippen LogP contribution in [0.15, 0.2) is 30.3 Å². The fourth-order valence-electron chi connectivity index (χ4n) is 1.70. The molecule has 0 bridgehead atoms. The van der Waals surface area contributed by atoms with Crippen LogP contribution in [0.5, 0.6) is 0 Å². The maximum absolute atomic E-state index is 5.75. The van der Waals surface area contributed by atoms with Crippen molar-refractivity contribution in [2.45, 2.75) is 32.0 Å². The van der Waals surface area contributed by atoms with Gasteiger partial charge in [0.05, 0.1) is 12.2 Å². The first-order valence-corrected chi connectivity index (χ1v) is 5.14. The number of ether oxygens (including phenoxy) is 3. The SMILES string of the molecule is COC1(c2ccccc2)O[C@@H](C)[C@H](C)O1. The number of hydrogen-bond acceptors (Lipinski definition) is 3. The van der Waals surface area contributed by atoms with Gasteiger partial charge in [-0.2, -0.15) is 0 Å². The van der Waals surface area contributed by atoms with Gasteiger partial charge in [0.15, 0.2) is 0 Å². The molecular weight excluding hydrogens is 192 g/mol. The Labute approximate surface area is 90.0 Å². The summed E-state index contributed by atoms with van der Waals surface area (Å²) in [5, 5.41) is 0. The van der Waals surface area contributed by atoms with Crippen molar-refractivity contribution in [3.05, 3.63) is 35.9 Å². The maximum Gasteiger partial charge on any atom is 0.312 e. The predicted molar refractivity (Wildman–Crippen MR) is 56.2 cm³/mol. The predicted octanol–water partition coefficient (Wildman–Crippen LogP) is 2.27. The largest absolute Gasteiger partial charge is 0.327 e. The number of rotatable bonds is 2. The third-order valence-corrected chi connectivity index (χ3v) is 2.74. The minimum absolute atomic E-state index is 0.0326. The van der Waals surface area contributed by atoms with Crippen LogP contribution in [0.4, 0.5) is 0 Å². The standard InChI is InChI=1S/C12H16O3/c1-9-10(2)15-12(13-3,14-9)11-7-5-4-6-8-11/h4-10H,1-3H3/t9-,10-/m0/s1. The average Bonchev–Trinajstić information content (AvgIpc) is 2.57. The molecule has 1 aromatic rings. The Morgan fingerprint density at radius 2 is 1.60 bits per heavy atom. The summed E-state index contributed by atoms with van der Waals surface area (Å²) < 4.78 is 16.9. The van der Waals surface area contributed by atoms with Gasteiger partial charge in [-0.25, -0.2) is 0 Å². The minimum Gasteiger partial charge on any atom is -0.327 e. The lowest BCUT2D eigenvalue weighted by molar-refractivity contribution is -0.341. The smallest absolute Gasteiger partial charge is 0.312 e. The van der Waals surface area contributed by atoms with Crippen molar-refractivity contribution in [2.75, 3.05) is 7.11 Å². The lowest BCUT2D eigenvalue weighted by Crippen LogP contribution is -2.30. The lowest BCUT2D eigenvalue weighted by Gasteiger charge is -2.26. The van der Waals surface area contributed by atoms with E-state index in [1.807, 2.05) is 44.2 Å². The van der Waals surface area contributed by atoms with Crippen molar-refractivity contribution in [2.24, 2.45) is 0 Å². The van der Waals surface area contributed by atoms with E-state index in [0.29, 0.717) is 0 Å². The Bertz CT molecular complexity index is 313. The molecule has 1 fully saturated rings. The molecule has 0 radical (unpaired) electrons. The highest BCUT2D eigenvalue weighted by atomic mass is 16.9. The van der Waals surface area contributed by atoms with Gasteiger partial charge in [0, 0.05) is 12.7 Å². The molecule has 1 aliphatic rings. The highest BCUT2D eigenvalue weighted by Gasteiger charge is 2.46. The number of benzene rings is 1. The monoisotopic (exact) mass is 208 g/mol. The summed E-state index contributed by atoms with van der Waals surface area (Å²) in [6.45, 7) is 3.96. The first kappa shape index (κ1) is 10.6. The molecule has 3 nitrogen and oxygen atoms in total. The molecule has 1 heterocycles. The van der Waals surface area contributed by atoms with E-state index >= 15 is 0 Å². The van der Waals surface area contributed by atoms with Crippen molar-refractivity contribution in [3.8, 4) is 0 Å². The third kappa shape index (κ3) is 1.78. The van der Waals surface area contributed by atoms with Crippen LogP contribution in [0, 0.1) is 0 Å². The van der Waals surface area contributed by atoms with Crippen LogP contribution in [0.3, 0.4) is 0 Å². The molecule has 0 amide bonds. The summed E-state index contributed by atoms with van der Waals surface area (Å²) in [6.07, 6.45) is 0.0651. The first-order chi connectivity index (χ1) is 7.18. The van der Waals surface area contributed by atoms with Gasteiger partial charge in [0.1, 0.15) is 0 Å². The fraction of sp³-hybridized carbons (Fsp3) is 0.500. The Hall–Kier alpha value is -0.900. The topological polar surface area (TPSA) is 27.7 Å². The van der Waals surface area contributed by atoms with E-state index in [1.165, 1.54) is 0 Å². The van der Waals surface area contributed by atoms with Gasteiger partial charge in [-0.3, -0.25) is 0 Å². The molecule has 1 saturated heterocycles. The molecule has 1 aliphatic heterocycles. The molecule has 0 spiro atoms. The van der Waals surface area contributed by atoms with E-state index in [4.69, 9.17) is 14.2 Å². The second-order valence-corrected chi connectivity index (χ2v) is 3.77. The molecule has 0 N–H and O–H groups in total. The van der Waals surface area contributed by atoms with Crippen LogP contribution in [0.2, 0.25) is 0 Å². The van der Waals surface area contributed by atoms with Gasteiger partial charge in [-0.05, 0) is 13.8 Å². The lowest BCUT2D eigenvalue weighted by atomic mass is 10.2. The van der Waals surface area contributed by atoms with Gasteiger partial charge >= 0.3 is 5.97 Å².